The molecule has 1 amide bonds. The number of rotatable bonds is 5. The number of methoxy groups -OCH3 is 1. The van der Waals surface area contributed by atoms with E-state index in [1.807, 2.05) is 18.2 Å². The lowest BCUT2D eigenvalue weighted by Gasteiger charge is -2.38. The highest BCUT2D eigenvalue weighted by Gasteiger charge is 2.35. The fraction of sp³-hybridized carbons (Fsp3) is 0.348. The number of hydrogen-bond donors (Lipinski definition) is 1. The Kier molecular flexibility index (Phi) is 5.65. The molecular formula is C23H25N3O4. The molecule has 1 aliphatic heterocycles. The number of amides is 1. The van der Waals surface area contributed by atoms with Gasteiger partial charge in [-0.3, -0.25) is 14.2 Å². The number of carbonyl (C=O) groups excluding carboxylic acids is 1. The molecule has 2 aromatic carbocycles. The van der Waals surface area contributed by atoms with Crippen molar-refractivity contribution >= 4 is 16.8 Å². The number of ether oxygens (including phenoxy) is 1. The molecule has 156 valence electrons. The van der Waals surface area contributed by atoms with E-state index in [0.717, 1.165) is 5.56 Å². The van der Waals surface area contributed by atoms with Crippen molar-refractivity contribution in [1.29, 1.82) is 0 Å². The molecule has 4 rings (SSSR count). The van der Waals surface area contributed by atoms with Crippen LogP contribution in [0.1, 0.15) is 28.8 Å². The summed E-state index contributed by atoms with van der Waals surface area (Å²) in [6, 6.07) is 14.6. The molecule has 0 unspecified atom stereocenters. The Hall–Kier alpha value is -3.03. The fourth-order valence-electron chi connectivity index (χ4n) is 3.91. The van der Waals surface area contributed by atoms with Crippen molar-refractivity contribution in [3.05, 3.63) is 76.3 Å². The monoisotopic (exact) mass is 407 g/mol. The first-order valence-corrected chi connectivity index (χ1v) is 10.0. The summed E-state index contributed by atoms with van der Waals surface area (Å²) in [6.45, 7) is 1.54. The zero-order valence-electron chi connectivity index (χ0n) is 17.0. The van der Waals surface area contributed by atoms with Gasteiger partial charge in [0.1, 0.15) is 0 Å². The molecule has 0 atom stereocenters. The Morgan fingerprint density at radius 2 is 1.83 bits per heavy atom. The van der Waals surface area contributed by atoms with Crippen LogP contribution in [0.3, 0.4) is 0 Å². The highest BCUT2D eigenvalue weighted by atomic mass is 16.5. The van der Waals surface area contributed by atoms with Gasteiger partial charge in [-0.15, -0.1) is 0 Å². The SMILES string of the molecule is COCc1ccc(C(=O)N2CCC(O)(Cn3cnc4ccccc4c3=O)CC2)cc1. The van der Waals surface area contributed by atoms with Crippen LogP contribution in [0.25, 0.3) is 10.9 Å². The lowest BCUT2D eigenvalue weighted by Crippen LogP contribution is -2.49. The minimum Gasteiger partial charge on any atom is -0.388 e. The van der Waals surface area contributed by atoms with Crippen LogP contribution in [0.15, 0.2) is 59.7 Å². The smallest absolute Gasteiger partial charge is 0.261 e. The maximum Gasteiger partial charge on any atom is 0.261 e. The second-order valence-corrected chi connectivity index (χ2v) is 7.84. The number of likely N-dealkylation sites (tertiary alicyclic amines) is 1. The first-order chi connectivity index (χ1) is 14.5. The third-order valence-electron chi connectivity index (χ3n) is 5.69. The van der Waals surface area contributed by atoms with Crippen molar-refractivity contribution in [3.63, 3.8) is 0 Å². The van der Waals surface area contributed by atoms with E-state index in [1.165, 1.54) is 10.9 Å². The molecule has 2 heterocycles. The topological polar surface area (TPSA) is 84.7 Å². The standard InChI is InChI=1S/C23H25N3O4/c1-30-14-17-6-8-18(9-7-17)21(27)25-12-10-23(29,11-13-25)15-26-16-24-20-5-3-2-4-19(20)22(26)28/h2-9,16,29H,10-15H2,1H3. The van der Waals surface area contributed by atoms with Gasteiger partial charge in [-0.1, -0.05) is 24.3 Å². The average Bonchev–Trinajstić information content (AvgIpc) is 2.77. The Labute approximate surface area is 174 Å². The van der Waals surface area contributed by atoms with E-state index in [2.05, 4.69) is 4.98 Å². The predicted molar refractivity (Wildman–Crippen MR) is 113 cm³/mol. The lowest BCUT2D eigenvalue weighted by atomic mass is 9.91. The van der Waals surface area contributed by atoms with E-state index in [0.29, 0.717) is 49.0 Å². The summed E-state index contributed by atoms with van der Waals surface area (Å²) in [7, 11) is 1.63. The number of aromatic nitrogens is 2. The first-order valence-electron chi connectivity index (χ1n) is 10.0. The van der Waals surface area contributed by atoms with Crippen molar-refractivity contribution in [3.8, 4) is 0 Å². The number of hydrogen-bond acceptors (Lipinski definition) is 5. The summed E-state index contributed by atoms with van der Waals surface area (Å²) in [5.74, 6) is -0.0504. The summed E-state index contributed by atoms with van der Waals surface area (Å²) in [6.07, 6.45) is 2.29. The lowest BCUT2D eigenvalue weighted by molar-refractivity contribution is -0.0299. The van der Waals surface area contributed by atoms with Gasteiger partial charge in [-0.2, -0.15) is 0 Å². The van der Waals surface area contributed by atoms with Gasteiger partial charge in [0.05, 0.1) is 36.0 Å². The van der Waals surface area contributed by atoms with Crippen molar-refractivity contribution in [2.75, 3.05) is 20.2 Å². The van der Waals surface area contributed by atoms with Crippen molar-refractivity contribution < 1.29 is 14.6 Å². The summed E-state index contributed by atoms with van der Waals surface area (Å²) >= 11 is 0. The summed E-state index contributed by atoms with van der Waals surface area (Å²) in [5, 5.41) is 11.6. The highest BCUT2D eigenvalue weighted by molar-refractivity contribution is 5.94. The molecule has 1 aromatic heterocycles. The molecule has 3 aromatic rings. The number of fused-ring (bicyclic) bond motifs is 1. The quantitative estimate of drug-likeness (QED) is 0.701. The maximum atomic E-state index is 12.8. The Balaban J connectivity index is 1.42. The second-order valence-electron chi connectivity index (χ2n) is 7.84. The number of benzene rings is 2. The van der Waals surface area contributed by atoms with Gasteiger partial charge in [0.2, 0.25) is 0 Å². The van der Waals surface area contributed by atoms with E-state index in [9.17, 15) is 14.7 Å². The minimum atomic E-state index is -1.05. The number of piperidine rings is 1. The van der Waals surface area contributed by atoms with E-state index in [1.54, 1.807) is 42.3 Å². The molecule has 1 N–H and O–H groups in total. The molecule has 0 bridgehead atoms. The highest BCUT2D eigenvalue weighted by Crippen LogP contribution is 2.25. The maximum absolute atomic E-state index is 12.8. The van der Waals surface area contributed by atoms with Crippen LogP contribution in [0, 0.1) is 0 Å². The predicted octanol–water partition coefficient (Wildman–Crippen LogP) is 2.21. The molecule has 30 heavy (non-hydrogen) atoms. The van der Waals surface area contributed by atoms with Crippen LogP contribution in [0.2, 0.25) is 0 Å². The number of aliphatic hydroxyl groups is 1. The van der Waals surface area contributed by atoms with Crippen LogP contribution in [-0.4, -0.2) is 51.3 Å². The van der Waals surface area contributed by atoms with Crippen LogP contribution >= 0.6 is 0 Å². The molecule has 0 saturated carbocycles. The zero-order chi connectivity index (χ0) is 21.1. The van der Waals surface area contributed by atoms with E-state index >= 15 is 0 Å². The van der Waals surface area contributed by atoms with Crippen molar-refractivity contribution in [2.45, 2.75) is 31.6 Å². The molecule has 1 aliphatic rings. The zero-order valence-corrected chi connectivity index (χ0v) is 17.0. The summed E-state index contributed by atoms with van der Waals surface area (Å²) < 4.78 is 6.56. The van der Waals surface area contributed by atoms with Gasteiger partial charge in [-0.25, -0.2) is 4.98 Å². The van der Waals surface area contributed by atoms with Gasteiger partial charge >= 0.3 is 0 Å². The molecule has 0 radical (unpaired) electrons. The molecule has 7 nitrogen and oxygen atoms in total. The van der Waals surface area contributed by atoms with Gasteiger partial charge < -0.3 is 14.7 Å². The van der Waals surface area contributed by atoms with Gasteiger partial charge in [0, 0.05) is 25.8 Å². The molecule has 0 aliphatic carbocycles. The largest absolute Gasteiger partial charge is 0.388 e. The fourth-order valence-corrected chi connectivity index (χ4v) is 3.91. The number of nitrogens with zero attached hydrogens (tertiary/aromatic N) is 3. The van der Waals surface area contributed by atoms with Crippen LogP contribution in [0.5, 0.6) is 0 Å². The van der Waals surface area contributed by atoms with Crippen LogP contribution in [-0.2, 0) is 17.9 Å². The normalized spacial score (nSPS) is 16.0. The van der Waals surface area contributed by atoms with Gasteiger partial charge in [0.15, 0.2) is 0 Å². The Morgan fingerprint density at radius 3 is 2.53 bits per heavy atom. The molecule has 7 heteroatoms. The molecular weight excluding hydrogens is 382 g/mol. The third-order valence-corrected chi connectivity index (χ3v) is 5.69. The van der Waals surface area contributed by atoms with Gasteiger partial charge in [-0.05, 0) is 42.7 Å². The summed E-state index contributed by atoms with van der Waals surface area (Å²) in [4.78, 5) is 31.6. The minimum absolute atomic E-state index is 0.0504. The Morgan fingerprint density at radius 1 is 1.13 bits per heavy atom. The average molecular weight is 407 g/mol. The second kappa shape index (κ2) is 8.38. The molecule has 1 saturated heterocycles. The third kappa shape index (κ3) is 4.13. The molecule has 0 spiro atoms. The summed E-state index contributed by atoms with van der Waals surface area (Å²) in [5.41, 5.74) is 1.06. The van der Waals surface area contributed by atoms with Gasteiger partial charge in [0.25, 0.3) is 11.5 Å². The first kappa shape index (κ1) is 20.3. The van der Waals surface area contributed by atoms with E-state index in [4.69, 9.17) is 4.74 Å². The Bertz CT molecular complexity index is 1100. The molecule has 1 fully saturated rings. The van der Waals surface area contributed by atoms with Crippen LogP contribution < -0.4 is 5.56 Å². The van der Waals surface area contributed by atoms with Crippen LogP contribution in [0.4, 0.5) is 0 Å². The van der Waals surface area contributed by atoms with E-state index in [-0.39, 0.29) is 18.0 Å². The number of para-hydroxylation sites is 1. The van der Waals surface area contributed by atoms with Crippen molar-refractivity contribution in [2.24, 2.45) is 0 Å². The number of carbonyl (C=O) groups is 1. The van der Waals surface area contributed by atoms with E-state index < -0.39 is 5.60 Å². The van der Waals surface area contributed by atoms with Crippen molar-refractivity contribution in [1.82, 2.24) is 14.5 Å².